The molecule has 0 amide bonds. The summed E-state index contributed by atoms with van der Waals surface area (Å²) in [4.78, 5) is 13.0. The zero-order chi connectivity index (χ0) is 17.6. The van der Waals surface area contributed by atoms with Crippen molar-refractivity contribution in [1.29, 1.82) is 0 Å². The molecule has 124 valence electrons. The zero-order valence-corrected chi connectivity index (χ0v) is 15.6. The van der Waals surface area contributed by atoms with Gasteiger partial charge in [0.25, 0.3) is 0 Å². The monoisotopic (exact) mass is 454 g/mol. The van der Waals surface area contributed by atoms with Gasteiger partial charge in [-0.2, -0.15) is 0 Å². The molecular weight excluding hydrogens is 444 g/mol. The first-order valence-electron chi connectivity index (χ1n) is 7.04. The standard InChI is InChI=1S/C17H12Br2O5/c1-2-11-13(8-4-3-7(20)5-12(8)24-11)15(21)9-6-10(18)17(23)14(19)16(9)22/h3-6,20,22-23H,2H2,1H3. The Balaban J connectivity index is 2.27. The molecule has 1 aromatic heterocycles. The fourth-order valence-corrected chi connectivity index (χ4v) is 3.66. The molecule has 0 aliphatic carbocycles. The fourth-order valence-electron chi connectivity index (χ4n) is 2.54. The van der Waals surface area contributed by atoms with Crippen molar-refractivity contribution in [2.45, 2.75) is 13.3 Å². The lowest BCUT2D eigenvalue weighted by molar-refractivity contribution is 0.103. The quantitative estimate of drug-likeness (QED) is 0.490. The molecule has 3 N–H and O–H groups in total. The lowest BCUT2D eigenvalue weighted by Crippen LogP contribution is -2.04. The van der Waals surface area contributed by atoms with Crippen molar-refractivity contribution in [2.75, 3.05) is 0 Å². The topological polar surface area (TPSA) is 90.9 Å². The molecule has 0 aliphatic rings. The molecule has 1 heterocycles. The van der Waals surface area contributed by atoms with E-state index in [1.54, 1.807) is 6.07 Å². The Morgan fingerprint density at radius 2 is 1.83 bits per heavy atom. The molecule has 0 fully saturated rings. The van der Waals surface area contributed by atoms with Crippen LogP contribution in [-0.4, -0.2) is 21.1 Å². The summed E-state index contributed by atoms with van der Waals surface area (Å²) >= 11 is 6.23. The van der Waals surface area contributed by atoms with Crippen LogP contribution in [0.1, 0.15) is 28.6 Å². The van der Waals surface area contributed by atoms with Crippen LogP contribution < -0.4 is 0 Å². The second-order valence-electron chi connectivity index (χ2n) is 5.18. The molecule has 24 heavy (non-hydrogen) atoms. The van der Waals surface area contributed by atoms with Gasteiger partial charge in [-0.15, -0.1) is 0 Å². The Labute approximate surface area is 153 Å². The SMILES string of the molecule is CCc1oc2cc(O)ccc2c1C(=O)c1cc(Br)c(O)c(Br)c1O. The number of benzene rings is 2. The van der Waals surface area contributed by atoms with Crippen LogP contribution in [0.2, 0.25) is 0 Å². The van der Waals surface area contributed by atoms with Gasteiger partial charge in [-0.25, -0.2) is 0 Å². The molecule has 0 spiro atoms. The van der Waals surface area contributed by atoms with E-state index >= 15 is 0 Å². The molecule has 2 aromatic carbocycles. The number of hydrogen-bond donors (Lipinski definition) is 3. The van der Waals surface area contributed by atoms with Crippen molar-refractivity contribution in [3.8, 4) is 17.2 Å². The van der Waals surface area contributed by atoms with E-state index in [2.05, 4.69) is 31.9 Å². The second kappa shape index (κ2) is 6.14. The van der Waals surface area contributed by atoms with Crippen LogP contribution in [0.4, 0.5) is 0 Å². The lowest BCUT2D eigenvalue weighted by Gasteiger charge is -2.09. The molecule has 5 nitrogen and oxygen atoms in total. The number of halogens is 2. The number of phenols is 3. The van der Waals surface area contributed by atoms with E-state index in [1.165, 1.54) is 18.2 Å². The highest BCUT2D eigenvalue weighted by molar-refractivity contribution is 9.11. The number of phenolic OH excluding ortho intramolecular Hbond substituents is 3. The first-order valence-corrected chi connectivity index (χ1v) is 8.62. The summed E-state index contributed by atoms with van der Waals surface area (Å²) in [6.07, 6.45) is 0.470. The number of furan rings is 1. The molecule has 0 saturated heterocycles. The van der Waals surface area contributed by atoms with E-state index in [1.807, 2.05) is 6.92 Å². The van der Waals surface area contributed by atoms with Crippen molar-refractivity contribution in [3.63, 3.8) is 0 Å². The van der Waals surface area contributed by atoms with Crippen LogP contribution in [0.5, 0.6) is 17.2 Å². The first-order chi connectivity index (χ1) is 11.3. The third kappa shape index (κ3) is 2.57. The van der Waals surface area contributed by atoms with Crippen molar-refractivity contribution in [1.82, 2.24) is 0 Å². The minimum atomic E-state index is -0.435. The van der Waals surface area contributed by atoms with Gasteiger partial charge in [0.2, 0.25) is 5.78 Å². The van der Waals surface area contributed by atoms with E-state index in [0.29, 0.717) is 28.7 Å². The van der Waals surface area contributed by atoms with Crippen LogP contribution in [0, 0.1) is 0 Å². The average Bonchev–Trinajstić information content (AvgIpc) is 2.93. The number of aromatic hydroxyl groups is 3. The van der Waals surface area contributed by atoms with Crippen LogP contribution >= 0.6 is 31.9 Å². The van der Waals surface area contributed by atoms with Gasteiger partial charge in [0.1, 0.15) is 33.1 Å². The molecule has 0 atom stereocenters. The van der Waals surface area contributed by atoms with Crippen LogP contribution in [0.15, 0.2) is 37.6 Å². The van der Waals surface area contributed by atoms with Gasteiger partial charge in [-0.05, 0) is 50.1 Å². The highest BCUT2D eigenvalue weighted by Gasteiger charge is 2.26. The predicted octanol–water partition coefficient (Wildman–Crippen LogP) is 4.87. The summed E-state index contributed by atoms with van der Waals surface area (Å²) in [6, 6.07) is 5.86. The summed E-state index contributed by atoms with van der Waals surface area (Å²) in [5, 5.41) is 30.2. The van der Waals surface area contributed by atoms with Crippen LogP contribution in [0.25, 0.3) is 11.0 Å². The molecule has 3 aromatic rings. The van der Waals surface area contributed by atoms with Crippen molar-refractivity contribution in [3.05, 3.63) is 50.1 Å². The van der Waals surface area contributed by atoms with E-state index in [4.69, 9.17) is 4.42 Å². The van der Waals surface area contributed by atoms with Gasteiger partial charge in [-0.1, -0.05) is 6.92 Å². The first kappa shape index (κ1) is 16.9. The summed E-state index contributed by atoms with van der Waals surface area (Å²) in [6.45, 7) is 1.84. The highest BCUT2D eigenvalue weighted by Crippen LogP contribution is 2.43. The minimum Gasteiger partial charge on any atom is -0.508 e. The van der Waals surface area contributed by atoms with E-state index in [9.17, 15) is 20.1 Å². The highest BCUT2D eigenvalue weighted by atomic mass is 79.9. The number of carbonyl (C=O) groups is 1. The summed E-state index contributed by atoms with van der Waals surface area (Å²) in [7, 11) is 0. The van der Waals surface area contributed by atoms with Crippen molar-refractivity contribution >= 4 is 48.6 Å². The lowest BCUT2D eigenvalue weighted by atomic mass is 9.98. The van der Waals surface area contributed by atoms with E-state index in [0.717, 1.165) is 0 Å². The largest absolute Gasteiger partial charge is 0.508 e. The van der Waals surface area contributed by atoms with Gasteiger partial charge in [0.05, 0.1) is 15.6 Å². The van der Waals surface area contributed by atoms with Crippen LogP contribution in [0.3, 0.4) is 0 Å². The summed E-state index contributed by atoms with van der Waals surface area (Å²) < 4.78 is 5.97. The Morgan fingerprint density at radius 3 is 2.50 bits per heavy atom. The van der Waals surface area contributed by atoms with Gasteiger partial charge in [-0.3, -0.25) is 4.79 Å². The Hall–Kier alpha value is -1.99. The van der Waals surface area contributed by atoms with E-state index in [-0.39, 0.29) is 31.8 Å². The number of aryl methyl sites for hydroxylation is 1. The molecule has 0 saturated carbocycles. The molecule has 0 unspecified atom stereocenters. The Bertz CT molecular complexity index is 975. The maximum absolute atomic E-state index is 13.0. The maximum atomic E-state index is 13.0. The molecule has 0 bridgehead atoms. The smallest absolute Gasteiger partial charge is 0.200 e. The Kier molecular flexibility index (Phi) is 4.31. The number of fused-ring (bicyclic) bond motifs is 1. The van der Waals surface area contributed by atoms with Crippen molar-refractivity contribution in [2.24, 2.45) is 0 Å². The molecular formula is C17H12Br2O5. The average molecular weight is 456 g/mol. The normalized spacial score (nSPS) is 11.1. The van der Waals surface area contributed by atoms with Gasteiger partial charge >= 0.3 is 0 Å². The maximum Gasteiger partial charge on any atom is 0.200 e. The number of hydrogen-bond acceptors (Lipinski definition) is 5. The molecule has 0 aliphatic heterocycles. The molecule has 0 radical (unpaired) electrons. The van der Waals surface area contributed by atoms with Crippen LogP contribution in [-0.2, 0) is 6.42 Å². The third-order valence-electron chi connectivity index (χ3n) is 3.71. The molecule has 3 rings (SSSR count). The third-order valence-corrected chi connectivity index (χ3v) is 5.06. The minimum absolute atomic E-state index is 0.0250. The van der Waals surface area contributed by atoms with E-state index < -0.39 is 5.78 Å². The number of ketones is 1. The van der Waals surface area contributed by atoms with Crippen molar-refractivity contribution < 1.29 is 24.5 Å². The van der Waals surface area contributed by atoms with Gasteiger partial charge in [0, 0.05) is 17.9 Å². The summed E-state index contributed by atoms with van der Waals surface area (Å²) in [5.74, 6) is -0.482. The molecule has 7 heteroatoms. The fraction of sp³-hybridized carbons (Fsp3) is 0.118. The zero-order valence-electron chi connectivity index (χ0n) is 12.4. The summed E-state index contributed by atoms with van der Waals surface area (Å²) in [5.41, 5.74) is 0.746. The van der Waals surface area contributed by atoms with Gasteiger partial charge < -0.3 is 19.7 Å². The number of carbonyl (C=O) groups excluding carboxylic acids is 1. The van der Waals surface area contributed by atoms with Gasteiger partial charge in [0.15, 0.2) is 0 Å². The second-order valence-corrected chi connectivity index (χ2v) is 6.83. The predicted molar refractivity (Wildman–Crippen MR) is 95.9 cm³/mol. The number of rotatable bonds is 3. The Morgan fingerprint density at radius 1 is 1.12 bits per heavy atom.